The number of rotatable bonds is 5. The number of pyridine rings is 1. The number of para-hydroxylation sites is 1. The molecule has 0 spiro atoms. The molecule has 0 aliphatic heterocycles. The molecule has 0 saturated carbocycles. The van der Waals surface area contributed by atoms with E-state index in [1.807, 2.05) is 55.5 Å². The molecule has 7 nitrogen and oxygen atoms in total. The van der Waals surface area contributed by atoms with Gasteiger partial charge in [0, 0.05) is 17.4 Å². The Morgan fingerprint density at radius 1 is 1.10 bits per heavy atom. The number of fused-ring (bicyclic) bond motifs is 1. The minimum Gasteiger partial charge on any atom is -0.481 e. The van der Waals surface area contributed by atoms with Gasteiger partial charge in [0.15, 0.2) is 0 Å². The third-order valence-corrected chi connectivity index (χ3v) is 5.09. The average Bonchev–Trinajstić information content (AvgIpc) is 2.73. The Kier molecular flexibility index (Phi) is 5.29. The average molecular weight is 422 g/mol. The van der Waals surface area contributed by atoms with E-state index in [9.17, 15) is 4.79 Å². The number of methoxy groups -OCH3 is 1. The Labute approximate surface area is 178 Å². The fourth-order valence-electron chi connectivity index (χ4n) is 3.42. The van der Waals surface area contributed by atoms with Gasteiger partial charge in [0.1, 0.15) is 5.82 Å². The summed E-state index contributed by atoms with van der Waals surface area (Å²) in [6, 6.07) is 18.2. The van der Waals surface area contributed by atoms with Crippen LogP contribution in [0.2, 0.25) is 5.02 Å². The maximum Gasteiger partial charge on any atom is 0.264 e. The van der Waals surface area contributed by atoms with Crippen molar-refractivity contribution in [1.29, 1.82) is 0 Å². The Bertz CT molecular complexity index is 1270. The molecule has 0 saturated heterocycles. The van der Waals surface area contributed by atoms with E-state index in [0.29, 0.717) is 22.1 Å². The highest BCUT2D eigenvalue weighted by molar-refractivity contribution is 6.35. The maximum absolute atomic E-state index is 13.5. The Balaban J connectivity index is 1.89. The van der Waals surface area contributed by atoms with Crippen LogP contribution in [0.25, 0.3) is 16.5 Å². The van der Waals surface area contributed by atoms with E-state index < -0.39 is 0 Å². The van der Waals surface area contributed by atoms with Crippen molar-refractivity contribution in [3.05, 3.63) is 81.7 Å². The predicted molar refractivity (Wildman–Crippen MR) is 120 cm³/mol. The minimum absolute atomic E-state index is 0.0924. The summed E-state index contributed by atoms with van der Waals surface area (Å²) in [5.74, 6) is 0.933. The van der Waals surface area contributed by atoms with Crippen LogP contribution >= 0.6 is 11.6 Å². The molecule has 0 aliphatic carbocycles. The second-order valence-electron chi connectivity index (χ2n) is 6.77. The molecule has 4 aromatic rings. The maximum atomic E-state index is 13.5. The quantitative estimate of drug-likeness (QED) is 0.501. The predicted octanol–water partition coefficient (Wildman–Crippen LogP) is 4.20. The topological polar surface area (TPSA) is 95.1 Å². The lowest BCUT2D eigenvalue weighted by Crippen LogP contribution is -2.25. The van der Waals surface area contributed by atoms with Gasteiger partial charge < -0.3 is 15.8 Å². The van der Waals surface area contributed by atoms with E-state index in [1.165, 1.54) is 7.11 Å². The Hall–Kier alpha value is -3.58. The summed E-state index contributed by atoms with van der Waals surface area (Å²) in [5.41, 5.74) is 7.08. The number of nitrogen functional groups attached to an aromatic ring is 1. The van der Waals surface area contributed by atoms with E-state index in [0.717, 1.165) is 16.8 Å². The van der Waals surface area contributed by atoms with Crippen LogP contribution in [0.5, 0.6) is 5.88 Å². The van der Waals surface area contributed by atoms with Crippen LogP contribution in [0.4, 0.5) is 11.8 Å². The first-order valence-electron chi connectivity index (χ1n) is 9.32. The lowest BCUT2D eigenvalue weighted by molar-refractivity contribution is 0.398. The van der Waals surface area contributed by atoms with Gasteiger partial charge in [-0.15, -0.1) is 0 Å². The second-order valence-corrected chi connectivity index (χ2v) is 7.18. The zero-order valence-electron chi connectivity index (χ0n) is 16.5. The van der Waals surface area contributed by atoms with Gasteiger partial charge >= 0.3 is 0 Å². The van der Waals surface area contributed by atoms with E-state index in [-0.39, 0.29) is 17.5 Å². The molecule has 0 bridgehead atoms. The van der Waals surface area contributed by atoms with Crippen LogP contribution in [0, 0.1) is 0 Å². The lowest BCUT2D eigenvalue weighted by Gasteiger charge is -2.21. The zero-order valence-corrected chi connectivity index (χ0v) is 17.2. The first-order valence-corrected chi connectivity index (χ1v) is 9.70. The molecular formula is C22H20ClN5O2. The van der Waals surface area contributed by atoms with Crippen molar-refractivity contribution in [2.45, 2.75) is 13.0 Å². The normalized spacial score (nSPS) is 12.0. The van der Waals surface area contributed by atoms with Gasteiger partial charge in [-0.3, -0.25) is 9.36 Å². The van der Waals surface area contributed by atoms with Gasteiger partial charge in [-0.2, -0.15) is 9.97 Å². The van der Waals surface area contributed by atoms with E-state index in [2.05, 4.69) is 15.3 Å². The first kappa shape index (κ1) is 19.7. The molecule has 3 N–H and O–H groups in total. The van der Waals surface area contributed by atoms with E-state index in [4.69, 9.17) is 22.1 Å². The molecule has 0 radical (unpaired) electrons. The summed E-state index contributed by atoms with van der Waals surface area (Å²) in [6.07, 6.45) is 0. The molecular weight excluding hydrogens is 402 g/mol. The molecule has 4 rings (SSSR count). The summed E-state index contributed by atoms with van der Waals surface area (Å²) in [4.78, 5) is 21.7. The van der Waals surface area contributed by atoms with Crippen LogP contribution in [-0.2, 0) is 0 Å². The molecule has 152 valence electrons. The summed E-state index contributed by atoms with van der Waals surface area (Å²) in [5, 5.41) is 4.95. The van der Waals surface area contributed by atoms with E-state index in [1.54, 1.807) is 16.7 Å². The fraction of sp³-hybridized carbons (Fsp3) is 0.136. The highest BCUT2D eigenvalue weighted by Crippen LogP contribution is 2.27. The molecule has 2 aromatic carbocycles. The highest BCUT2D eigenvalue weighted by atomic mass is 35.5. The summed E-state index contributed by atoms with van der Waals surface area (Å²) >= 11 is 6.36. The van der Waals surface area contributed by atoms with Gasteiger partial charge in [-0.1, -0.05) is 41.9 Å². The molecule has 2 heterocycles. The molecule has 1 atom stereocenters. The third-order valence-electron chi connectivity index (χ3n) is 4.78. The van der Waals surface area contributed by atoms with Gasteiger partial charge in [0.25, 0.3) is 5.56 Å². The Morgan fingerprint density at radius 2 is 1.87 bits per heavy atom. The van der Waals surface area contributed by atoms with E-state index >= 15 is 0 Å². The van der Waals surface area contributed by atoms with Crippen molar-refractivity contribution in [2.24, 2.45) is 0 Å². The van der Waals surface area contributed by atoms with Crippen LogP contribution in [0.15, 0.2) is 65.5 Å². The highest BCUT2D eigenvalue weighted by Gasteiger charge is 2.18. The monoisotopic (exact) mass is 421 g/mol. The summed E-state index contributed by atoms with van der Waals surface area (Å²) in [7, 11) is 1.51. The van der Waals surface area contributed by atoms with Gasteiger partial charge in [0.2, 0.25) is 11.8 Å². The first-order chi connectivity index (χ1) is 14.5. The number of halogens is 1. The fourth-order valence-corrected chi connectivity index (χ4v) is 3.68. The van der Waals surface area contributed by atoms with Crippen LogP contribution in [0.1, 0.15) is 18.7 Å². The smallest absolute Gasteiger partial charge is 0.264 e. The van der Waals surface area contributed by atoms with Gasteiger partial charge in [-0.05, 0) is 36.6 Å². The van der Waals surface area contributed by atoms with Gasteiger partial charge in [-0.25, -0.2) is 0 Å². The lowest BCUT2D eigenvalue weighted by atomic mass is 10.1. The number of ether oxygens (including phenoxy) is 1. The van der Waals surface area contributed by atoms with Crippen LogP contribution < -0.4 is 21.3 Å². The van der Waals surface area contributed by atoms with Crippen molar-refractivity contribution in [1.82, 2.24) is 14.5 Å². The van der Waals surface area contributed by atoms with Crippen LogP contribution in [0.3, 0.4) is 0 Å². The SMILES string of the molecule is COc1cc(N[C@@H](C)c2cc3cccc(Cl)c3c(=O)n2-c2ccccc2)nc(N)n1. The molecule has 2 aromatic heterocycles. The minimum atomic E-state index is -0.291. The molecule has 0 fully saturated rings. The molecule has 0 aliphatic rings. The van der Waals surface area contributed by atoms with Gasteiger partial charge in [0.05, 0.1) is 23.6 Å². The third kappa shape index (κ3) is 3.67. The largest absolute Gasteiger partial charge is 0.481 e. The standard InChI is InChI=1S/C22H20ClN5O2/c1-13(25-18-12-19(30-2)27-22(24)26-18)17-11-14-7-6-10-16(23)20(14)21(29)28(17)15-8-4-3-5-9-15/h3-13H,1-2H3,(H3,24,25,26,27)/t13-/m0/s1. The molecule has 8 heteroatoms. The number of benzene rings is 2. The molecule has 0 unspecified atom stereocenters. The second kappa shape index (κ2) is 8.04. The number of hydrogen-bond donors (Lipinski definition) is 2. The van der Waals surface area contributed by atoms with Crippen molar-refractivity contribution in [2.75, 3.05) is 18.2 Å². The Morgan fingerprint density at radius 3 is 2.60 bits per heavy atom. The number of aromatic nitrogens is 3. The van der Waals surface area contributed by atoms with Crippen molar-refractivity contribution in [3.8, 4) is 11.6 Å². The van der Waals surface area contributed by atoms with Crippen molar-refractivity contribution < 1.29 is 4.74 Å². The number of nitrogens with zero attached hydrogens (tertiary/aromatic N) is 3. The molecule has 30 heavy (non-hydrogen) atoms. The molecule has 0 amide bonds. The number of hydrogen-bond acceptors (Lipinski definition) is 6. The number of nitrogens with two attached hydrogens (primary N) is 1. The zero-order chi connectivity index (χ0) is 21.3. The van der Waals surface area contributed by atoms with Crippen molar-refractivity contribution in [3.63, 3.8) is 0 Å². The van der Waals surface area contributed by atoms with Crippen molar-refractivity contribution >= 4 is 34.1 Å². The number of nitrogens with one attached hydrogen (secondary N) is 1. The summed E-state index contributed by atoms with van der Waals surface area (Å²) in [6.45, 7) is 1.94. The number of anilines is 2. The van der Waals surface area contributed by atoms with Crippen LogP contribution in [-0.4, -0.2) is 21.6 Å². The summed E-state index contributed by atoms with van der Waals surface area (Å²) < 4.78 is 6.83.